The number of urea groups is 1. The van der Waals surface area contributed by atoms with Gasteiger partial charge in [0.25, 0.3) is 5.19 Å². The summed E-state index contributed by atoms with van der Waals surface area (Å²) in [6.45, 7) is 3.87. The van der Waals surface area contributed by atoms with Crippen molar-refractivity contribution in [1.29, 1.82) is 0 Å². The largest absolute Gasteiger partial charge is 0.467 e. The van der Waals surface area contributed by atoms with Gasteiger partial charge >= 0.3 is 6.03 Å². The predicted octanol–water partition coefficient (Wildman–Crippen LogP) is 3.41. The van der Waals surface area contributed by atoms with Gasteiger partial charge in [0, 0.05) is 55.6 Å². The molecule has 5 rings (SSSR count). The first-order valence-corrected chi connectivity index (χ1v) is 11.4. The summed E-state index contributed by atoms with van der Waals surface area (Å²) in [6.07, 6.45) is 6.12. The molecule has 0 aliphatic carbocycles. The first-order valence-electron chi connectivity index (χ1n) is 10.5. The lowest BCUT2D eigenvalue weighted by Crippen LogP contribution is -2.50. The highest BCUT2D eigenvalue weighted by Crippen LogP contribution is 2.34. The van der Waals surface area contributed by atoms with E-state index in [-0.39, 0.29) is 18.9 Å². The van der Waals surface area contributed by atoms with Gasteiger partial charge in [0.05, 0.1) is 0 Å². The van der Waals surface area contributed by atoms with Gasteiger partial charge in [0.15, 0.2) is 11.5 Å². The molecule has 0 radical (unpaired) electrons. The monoisotopic (exact) mass is 430 g/mol. The molecule has 1 aromatic heterocycles. The van der Waals surface area contributed by atoms with Gasteiger partial charge in [-0.25, -0.2) is 9.78 Å². The lowest BCUT2D eigenvalue weighted by atomic mass is 9.99. The number of hydrogen-bond acceptors (Lipinski definition) is 7. The Morgan fingerprint density at radius 2 is 1.90 bits per heavy atom. The Bertz CT molecular complexity index is 862. The van der Waals surface area contributed by atoms with E-state index in [1.165, 1.54) is 0 Å². The summed E-state index contributed by atoms with van der Waals surface area (Å²) in [5, 5.41) is 5.70. The van der Waals surface area contributed by atoms with E-state index >= 15 is 0 Å². The highest BCUT2D eigenvalue weighted by molar-refractivity contribution is 7.11. The number of nitrogens with zero attached hydrogens (tertiary/aromatic N) is 3. The van der Waals surface area contributed by atoms with Gasteiger partial charge in [0.1, 0.15) is 6.10 Å². The molecule has 4 heterocycles. The first-order chi connectivity index (χ1) is 14.7. The summed E-state index contributed by atoms with van der Waals surface area (Å²) in [7, 11) is 0. The number of benzene rings is 1. The molecule has 3 aliphatic heterocycles. The van der Waals surface area contributed by atoms with E-state index in [9.17, 15) is 4.79 Å². The van der Waals surface area contributed by atoms with Crippen LogP contribution in [0.15, 0.2) is 29.8 Å². The minimum absolute atomic E-state index is 0.0529. The Kier molecular flexibility index (Phi) is 5.63. The Balaban J connectivity index is 1.07. The number of ether oxygens (including phenoxy) is 3. The van der Waals surface area contributed by atoms with Crippen LogP contribution in [0, 0.1) is 0 Å². The van der Waals surface area contributed by atoms with Crippen LogP contribution in [0.3, 0.4) is 0 Å². The summed E-state index contributed by atoms with van der Waals surface area (Å²) < 4.78 is 16.7. The number of aromatic nitrogens is 1. The molecule has 0 bridgehead atoms. The smallest absolute Gasteiger partial charge is 0.321 e. The van der Waals surface area contributed by atoms with Crippen molar-refractivity contribution < 1.29 is 19.0 Å². The number of likely N-dealkylation sites (tertiary alicyclic amines) is 2. The topological polar surface area (TPSA) is 76.2 Å². The maximum atomic E-state index is 12.7. The van der Waals surface area contributed by atoms with Gasteiger partial charge in [-0.3, -0.25) is 4.90 Å². The number of hydrogen-bond donors (Lipinski definition) is 1. The number of carbonyl (C=O) groups is 1. The molecule has 2 saturated heterocycles. The fraction of sp³-hybridized carbons (Fsp3) is 0.524. The predicted molar refractivity (Wildman–Crippen MR) is 114 cm³/mol. The van der Waals surface area contributed by atoms with Crippen LogP contribution in [0.4, 0.5) is 10.5 Å². The van der Waals surface area contributed by atoms with Crippen LogP contribution in [0.5, 0.6) is 16.7 Å². The second-order valence-electron chi connectivity index (χ2n) is 7.87. The van der Waals surface area contributed by atoms with Crippen LogP contribution < -0.4 is 19.5 Å². The van der Waals surface area contributed by atoms with Gasteiger partial charge in [-0.05, 0) is 37.8 Å². The molecule has 0 spiro atoms. The highest BCUT2D eigenvalue weighted by atomic mass is 32.1. The van der Waals surface area contributed by atoms with Crippen molar-refractivity contribution in [3.05, 3.63) is 29.8 Å². The second-order valence-corrected chi connectivity index (χ2v) is 8.72. The van der Waals surface area contributed by atoms with E-state index in [0.717, 1.165) is 68.5 Å². The van der Waals surface area contributed by atoms with Gasteiger partial charge in [-0.15, -0.1) is 0 Å². The van der Waals surface area contributed by atoms with Crippen LogP contribution in [0.25, 0.3) is 0 Å². The van der Waals surface area contributed by atoms with E-state index in [2.05, 4.69) is 15.2 Å². The van der Waals surface area contributed by atoms with Crippen molar-refractivity contribution in [2.75, 3.05) is 38.3 Å². The molecule has 0 saturated carbocycles. The molecule has 1 aromatic carbocycles. The molecule has 0 atom stereocenters. The normalized spacial score (nSPS) is 20.3. The Labute approximate surface area is 179 Å². The Hall–Kier alpha value is -2.52. The number of nitrogens with one attached hydrogen (secondary N) is 1. The quantitative estimate of drug-likeness (QED) is 0.801. The van der Waals surface area contributed by atoms with Crippen molar-refractivity contribution in [3.8, 4) is 16.7 Å². The molecule has 160 valence electrons. The van der Waals surface area contributed by atoms with E-state index in [1.807, 2.05) is 28.5 Å². The fourth-order valence-corrected chi connectivity index (χ4v) is 4.93. The molecule has 1 N–H and O–H groups in total. The number of fused-ring (bicyclic) bond motifs is 1. The molecule has 30 heavy (non-hydrogen) atoms. The molecular formula is C21H26N4O4S. The number of carbonyl (C=O) groups excluding carboxylic acids is 1. The average Bonchev–Trinajstić information content (AvgIpc) is 3.46. The molecule has 0 unspecified atom stereocenters. The van der Waals surface area contributed by atoms with E-state index < -0.39 is 0 Å². The van der Waals surface area contributed by atoms with Crippen LogP contribution in [0.2, 0.25) is 0 Å². The maximum Gasteiger partial charge on any atom is 0.321 e. The second kappa shape index (κ2) is 8.69. The molecule has 2 fully saturated rings. The number of rotatable bonds is 4. The minimum Gasteiger partial charge on any atom is -0.467 e. The van der Waals surface area contributed by atoms with E-state index in [4.69, 9.17) is 14.2 Å². The van der Waals surface area contributed by atoms with Gasteiger partial charge in [-0.1, -0.05) is 11.3 Å². The summed E-state index contributed by atoms with van der Waals surface area (Å²) in [4.78, 5) is 21.3. The number of anilines is 1. The lowest BCUT2D eigenvalue weighted by Gasteiger charge is -2.41. The maximum absolute atomic E-state index is 12.7. The molecule has 2 aromatic rings. The zero-order valence-corrected chi connectivity index (χ0v) is 17.6. The highest BCUT2D eigenvalue weighted by Gasteiger charge is 2.30. The van der Waals surface area contributed by atoms with E-state index in [1.54, 1.807) is 17.5 Å². The standard InChI is InChI=1S/C21H26N4O4S/c26-20(23-15-1-2-18-19(13-15)28-14-27-18)25-8-3-16(4-9-25)24-10-5-17(6-11-24)29-21-22-7-12-30-21/h1-2,7,12-13,16-17H,3-6,8-11,14H2,(H,23,26). The zero-order chi connectivity index (χ0) is 20.3. The zero-order valence-electron chi connectivity index (χ0n) is 16.8. The average molecular weight is 431 g/mol. The number of thiazole rings is 1. The van der Waals surface area contributed by atoms with Crippen LogP contribution in [-0.2, 0) is 0 Å². The third kappa shape index (κ3) is 4.32. The van der Waals surface area contributed by atoms with Crippen LogP contribution in [0.1, 0.15) is 25.7 Å². The van der Waals surface area contributed by atoms with Gasteiger partial charge in [0.2, 0.25) is 6.79 Å². The van der Waals surface area contributed by atoms with Gasteiger partial charge in [-0.2, -0.15) is 0 Å². The summed E-state index contributed by atoms with van der Waals surface area (Å²) >= 11 is 1.55. The number of piperidine rings is 2. The van der Waals surface area contributed by atoms with Crippen molar-refractivity contribution >= 4 is 23.1 Å². The van der Waals surface area contributed by atoms with Crippen molar-refractivity contribution in [3.63, 3.8) is 0 Å². The molecule has 9 heteroatoms. The first kappa shape index (κ1) is 19.4. The Morgan fingerprint density at radius 1 is 1.10 bits per heavy atom. The number of amides is 2. The third-order valence-electron chi connectivity index (χ3n) is 6.05. The minimum atomic E-state index is -0.0529. The third-order valence-corrected chi connectivity index (χ3v) is 6.71. The van der Waals surface area contributed by atoms with Crippen molar-refractivity contribution in [2.45, 2.75) is 37.8 Å². The summed E-state index contributed by atoms with van der Waals surface area (Å²) in [5.41, 5.74) is 0.730. The van der Waals surface area contributed by atoms with E-state index in [0.29, 0.717) is 11.8 Å². The summed E-state index contributed by atoms with van der Waals surface area (Å²) in [5.74, 6) is 1.39. The SMILES string of the molecule is O=C(Nc1ccc2c(c1)OCO2)N1CCC(N2CCC(Oc3nccs3)CC2)CC1. The van der Waals surface area contributed by atoms with Crippen LogP contribution >= 0.6 is 11.3 Å². The fourth-order valence-electron chi connectivity index (χ4n) is 4.38. The lowest BCUT2D eigenvalue weighted by molar-refractivity contribution is 0.0544. The van der Waals surface area contributed by atoms with Crippen molar-refractivity contribution in [1.82, 2.24) is 14.8 Å². The Morgan fingerprint density at radius 3 is 2.67 bits per heavy atom. The van der Waals surface area contributed by atoms with Crippen molar-refractivity contribution in [2.24, 2.45) is 0 Å². The van der Waals surface area contributed by atoms with Gasteiger partial charge < -0.3 is 24.4 Å². The molecular weight excluding hydrogens is 404 g/mol. The summed E-state index contributed by atoms with van der Waals surface area (Å²) in [6, 6.07) is 5.97. The molecule has 3 aliphatic rings. The van der Waals surface area contributed by atoms with Crippen LogP contribution in [-0.4, -0.2) is 65.9 Å². The molecule has 2 amide bonds. The molecule has 8 nitrogen and oxygen atoms in total.